The number of amides is 1. The van der Waals surface area contributed by atoms with Crippen molar-refractivity contribution in [3.05, 3.63) is 35.2 Å². The summed E-state index contributed by atoms with van der Waals surface area (Å²) in [7, 11) is 1.71. The molecule has 0 unspecified atom stereocenters. The number of anilines is 1. The van der Waals surface area contributed by atoms with Gasteiger partial charge in [-0.05, 0) is 38.5 Å². The van der Waals surface area contributed by atoms with Crippen molar-refractivity contribution in [2.75, 3.05) is 32.5 Å². The van der Waals surface area contributed by atoms with Crippen LogP contribution >= 0.6 is 0 Å². The van der Waals surface area contributed by atoms with E-state index in [2.05, 4.69) is 19.5 Å². The predicted octanol–water partition coefficient (Wildman–Crippen LogP) is 1.80. The maximum Gasteiger partial charge on any atom is 0.272 e. The SMILES string of the molecule is COCCn1ccnc1C1CCN(C(=O)c2nc(N)nc3c2CCCC3)CC1. The van der Waals surface area contributed by atoms with Crippen LogP contribution in [0.1, 0.15) is 59.2 Å². The van der Waals surface area contributed by atoms with Gasteiger partial charge in [-0.3, -0.25) is 4.79 Å². The monoisotopic (exact) mass is 384 g/mol. The number of hydrogen-bond acceptors (Lipinski definition) is 6. The highest BCUT2D eigenvalue weighted by molar-refractivity contribution is 5.94. The van der Waals surface area contributed by atoms with Gasteiger partial charge in [0.25, 0.3) is 5.91 Å². The van der Waals surface area contributed by atoms with Crippen molar-refractivity contribution >= 4 is 11.9 Å². The van der Waals surface area contributed by atoms with Gasteiger partial charge in [-0.2, -0.15) is 0 Å². The van der Waals surface area contributed by atoms with Gasteiger partial charge in [0.1, 0.15) is 11.5 Å². The van der Waals surface area contributed by atoms with E-state index < -0.39 is 0 Å². The molecule has 28 heavy (non-hydrogen) atoms. The smallest absolute Gasteiger partial charge is 0.272 e. The number of aryl methyl sites for hydroxylation is 1. The molecule has 0 bridgehead atoms. The van der Waals surface area contributed by atoms with Crippen LogP contribution in [0, 0.1) is 0 Å². The number of carbonyl (C=O) groups is 1. The fraction of sp³-hybridized carbons (Fsp3) is 0.600. The summed E-state index contributed by atoms with van der Waals surface area (Å²) in [5.41, 5.74) is 8.35. The Bertz CT molecular complexity index is 841. The number of carbonyl (C=O) groups excluding carboxylic acids is 1. The number of fused-ring (bicyclic) bond motifs is 1. The summed E-state index contributed by atoms with van der Waals surface area (Å²) in [6, 6.07) is 0. The van der Waals surface area contributed by atoms with Gasteiger partial charge in [-0.1, -0.05) is 0 Å². The Morgan fingerprint density at radius 2 is 2.04 bits per heavy atom. The van der Waals surface area contributed by atoms with E-state index >= 15 is 0 Å². The van der Waals surface area contributed by atoms with Crippen molar-refractivity contribution in [2.45, 2.75) is 51.0 Å². The van der Waals surface area contributed by atoms with Crippen molar-refractivity contribution in [1.29, 1.82) is 0 Å². The predicted molar refractivity (Wildman–Crippen MR) is 105 cm³/mol. The minimum Gasteiger partial charge on any atom is -0.383 e. The number of imidazole rings is 1. The van der Waals surface area contributed by atoms with E-state index in [0.29, 0.717) is 31.3 Å². The van der Waals surface area contributed by atoms with Gasteiger partial charge in [0.2, 0.25) is 5.95 Å². The lowest BCUT2D eigenvalue weighted by atomic mass is 9.93. The third kappa shape index (κ3) is 3.73. The summed E-state index contributed by atoms with van der Waals surface area (Å²) in [6.45, 7) is 2.89. The summed E-state index contributed by atoms with van der Waals surface area (Å²) in [6.07, 6.45) is 9.57. The molecule has 2 aromatic rings. The normalized spacial score (nSPS) is 17.5. The van der Waals surface area contributed by atoms with Crippen LogP contribution in [-0.4, -0.2) is 57.1 Å². The quantitative estimate of drug-likeness (QED) is 0.844. The minimum absolute atomic E-state index is 0.00609. The molecule has 8 heteroatoms. The second-order valence-electron chi connectivity index (χ2n) is 7.60. The average molecular weight is 384 g/mol. The van der Waals surface area contributed by atoms with Gasteiger partial charge in [0.15, 0.2) is 0 Å². The van der Waals surface area contributed by atoms with Crippen LogP contribution in [0.4, 0.5) is 5.95 Å². The first-order chi connectivity index (χ1) is 13.7. The van der Waals surface area contributed by atoms with Gasteiger partial charge < -0.3 is 19.9 Å². The molecule has 3 heterocycles. The number of nitrogens with two attached hydrogens (primary N) is 1. The fourth-order valence-electron chi connectivity index (χ4n) is 4.34. The lowest BCUT2D eigenvalue weighted by molar-refractivity contribution is 0.0702. The molecular weight excluding hydrogens is 356 g/mol. The zero-order valence-electron chi connectivity index (χ0n) is 16.4. The average Bonchev–Trinajstić information content (AvgIpc) is 3.19. The molecule has 0 spiro atoms. The number of aromatic nitrogens is 4. The zero-order chi connectivity index (χ0) is 19.5. The van der Waals surface area contributed by atoms with E-state index in [1.54, 1.807) is 7.11 Å². The maximum atomic E-state index is 13.2. The number of hydrogen-bond donors (Lipinski definition) is 1. The molecule has 4 rings (SSSR count). The molecule has 1 amide bonds. The van der Waals surface area contributed by atoms with Gasteiger partial charge in [0.05, 0.1) is 6.61 Å². The van der Waals surface area contributed by atoms with E-state index in [0.717, 1.165) is 62.2 Å². The number of nitrogen functional groups attached to an aromatic ring is 1. The summed E-state index contributed by atoms with van der Waals surface area (Å²) >= 11 is 0. The molecule has 1 saturated heterocycles. The van der Waals surface area contributed by atoms with Gasteiger partial charge in [-0.25, -0.2) is 15.0 Å². The van der Waals surface area contributed by atoms with Crippen LogP contribution in [0.25, 0.3) is 0 Å². The van der Waals surface area contributed by atoms with E-state index in [1.807, 2.05) is 17.3 Å². The topological polar surface area (TPSA) is 99.2 Å². The Morgan fingerprint density at radius 1 is 1.25 bits per heavy atom. The second-order valence-corrected chi connectivity index (χ2v) is 7.60. The maximum absolute atomic E-state index is 13.2. The fourth-order valence-corrected chi connectivity index (χ4v) is 4.34. The van der Waals surface area contributed by atoms with Crippen molar-refractivity contribution < 1.29 is 9.53 Å². The molecular formula is C20H28N6O2. The first-order valence-electron chi connectivity index (χ1n) is 10.1. The molecule has 8 nitrogen and oxygen atoms in total. The second kappa shape index (κ2) is 8.26. The first-order valence-corrected chi connectivity index (χ1v) is 10.1. The van der Waals surface area contributed by atoms with Crippen molar-refractivity contribution in [3.63, 3.8) is 0 Å². The van der Waals surface area contributed by atoms with Crippen LogP contribution in [0.15, 0.2) is 12.4 Å². The van der Waals surface area contributed by atoms with Gasteiger partial charge in [-0.15, -0.1) is 0 Å². The molecule has 0 aromatic carbocycles. The molecule has 2 aromatic heterocycles. The third-order valence-corrected chi connectivity index (χ3v) is 5.83. The van der Waals surface area contributed by atoms with Crippen LogP contribution in [-0.2, 0) is 24.1 Å². The van der Waals surface area contributed by atoms with Gasteiger partial charge in [0, 0.05) is 56.3 Å². The highest BCUT2D eigenvalue weighted by atomic mass is 16.5. The van der Waals surface area contributed by atoms with Crippen LogP contribution in [0.2, 0.25) is 0 Å². The van der Waals surface area contributed by atoms with Crippen molar-refractivity contribution in [2.24, 2.45) is 0 Å². The Labute approximate surface area is 165 Å². The molecule has 1 fully saturated rings. The minimum atomic E-state index is -0.00609. The van der Waals surface area contributed by atoms with Crippen LogP contribution in [0.3, 0.4) is 0 Å². The number of piperidine rings is 1. The van der Waals surface area contributed by atoms with Crippen LogP contribution < -0.4 is 5.73 Å². The van der Waals surface area contributed by atoms with E-state index in [-0.39, 0.29) is 11.9 Å². The Morgan fingerprint density at radius 3 is 2.82 bits per heavy atom. The molecule has 2 aliphatic rings. The summed E-state index contributed by atoms with van der Waals surface area (Å²) in [4.78, 5) is 28.3. The van der Waals surface area contributed by atoms with Crippen LogP contribution in [0.5, 0.6) is 0 Å². The van der Waals surface area contributed by atoms with Crippen molar-refractivity contribution in [3.8, 4) is 0 Å². The number of rotatable bonds is 5. The molecule has 150 valence electrons. The summed E-state index contributed by atoms with van der Waals surface area (Å²) in [5.74, 6) is 1.65. The largest absolute Gasteiger partial charge is 0.383 e. The lowest BCUT2D eigenvalue weighted by Gasteiger charge is -2.32. The molecule has 1 aliphatic heterocycles. The Balaban J connectivity index is 1.45. The van der Waals surface area contributed by atoms with Crippen molar-refractivity contribution in [1.82, 2.24) is 24.4 Å². The standard InChI is InChI=1S/C20H28N6O2/c1-28-13-12-25-11-8-22-18(25)14-6-9-26(10-7-14)19(27)17-15-4-2-3-5-16(15)23-20(21)24-17/h8,11,14H,2-7,9-10,12-13H2,1H3,(H2,21,23,24). The third-order valence-electron chi connectivity index (χ3n) is 5.83. The first kappa shape index (κ1) is 18.9. The molecule has 0 radical (unpaired) electrons. The highest BCUT2D eigenvalue weighted by Crippen LogP contribution is 2.29. The lowest BCUT2D eigenvalue weighted by Crippen LogP contribution is -2.39. The zero-order valence-corrected chi connectivity index (χ0v) is 16.4. The van der Waals surface area contributed by atoms with Gasteiger partial charge >= 0.3 is 0 Å². The number of likely N-dealkylation sites (tertiary alicyclic amines) is 1. The molecule has 0 saturated carbocycles. The van der Waals surface area contributed by atoms with E-state index in [1.165, 1.54) is 0 Å². The number of nitrogens with zero attached hydrogens (tertiary/aromatic N) is 5. The Kier molecular flexibility index (Phi) is 5.57. The Hall–Kier alpha value is -2.48. The summed E-state index contributed by atoms with van der Waals surface area (Å²) in [5, 5.41) is 0. The van der Waals surface area contributed by atoms with E-state index in [4.69, 9.17) is 10.5 Å². The number of ether oxygens (including phenoxy) is 1. The molecule has 1 aliphatic carbocycles. The summed E-state index contributed by atoms with van der Waals surface area (Å²) < 4.78 is 7.35. The highest BCUT2D eigenvalue weighted by Gasteiger charge is 2.30. The number of methoxy groups -OCH3 is 1. The molecule has 0 atom stereocenters. The molecule has 2 N–H and O–H groups in total. The van der Waals surface area contributed by atoms with E-state index in [9.17, 15) is 4.79 Å².